The Hall–Kier alpha value is -1.30. The van der Waals surface area contributed by atoms with E-state index in [0.29, 0.717) is 6.54 Å². The number of aromatic nitrogens is 1. The van der Waals surface area contributed by atoms with Crippen LogP contribution in [0.15, 0.2) is 18.3 Å². The Labute approximate surface area is 111 Å². The standard InChI is InChI=1S/C13H19F3N2O/c1-12(2,3)18-9-10-5-4-7-17-11(10)19-8-6-13(14,15)16/h4-5,7,18H,6,8-9H2,1-3H3. The van der Waals surface area contributed by atoms with E-state index in [1.165, 1.54) is 6.20 Å². The molecule has 0 radical (unpaired) electrons. The van der Waals surface area contributed by atoms with Crippen LogP contribution in [-0.4, -0.2) is 23.3 Å². The molecule has 1 aromatic rings. The average Bonchev–Trinajstić information content (AvgIpc) is 2.25. The van der Waals surface area contributed by atoms with Gasteiger partial charge in [-0.2, -0.15) is 13.2 Å². The number of hydrogen-bond donors (Lipinski definition) is 1. The van der Waals surface area contributed by atoms with Crippen molar-refractivity contribution in [3.8, 4) is 5.88 Å². The van der Waals surface area contributed by atoms with Crippen LogP contribution in [0, 0.1) is 0 Å². The van der Waals surface area contributed by atoms with Gasteiger partial charge in [-0.3, -0.25) is 0 Å². The van der Waals surface area contributed by atoms with Crippen LogP contribution in [0.3, 0.4) is 0 Å². The summed E-state index contributed by atoms with van der Waals surface area (Å²) in [5.74, 6) is 0.253. The predicted molar refractivity (Wildman–Crippen MR) is 67.0 cm³/mol. The van der Waals surface area contributed by atoms with Crippen LogP contribution in [0.25, 0.3) is 0 Å². The van der Waals surface area contributed by atoms with Crippen molar-refractivity contribution >= 4 is 0 Å². The molecule has 0 bridgehead atoms. The lowest BCUT2D eigenvalue weighted by Crippen LogP contribution is -2.35. The van der Waals surface area contributed by atoms with Crippen molar-refractivity contribution in [3.05, 3.63) is 23.9 Å². The van der Waals surface area contributed by atoms with Crippen LogP contribution < -0.4 is 10.1 Å². The second-order valence-electron chi connectivity index (χ2n) is 5.28. The molecule has 1 heterocycles. The first-order valence-corrected chi connectivity index (χ1v) is 6.06. The van der Waals surface area contributed by atoms with Gasteiger partial charge in [0, 0.05) is 23.8 Å². The zero-order valence-corrected chi connectivity index (χ0v) is 11.3. The lowest BCUT2D eigenvalue weighted by atomic mass is 10.1. The highest BCUT2D eigenvalue weighted by Gasteiger charge is 2.27. The highest BCUT2D eigenvalue weighted by atomic mass is 19.4. The molecule has 1 rings (SSSR count). The number of pyridine rings is 1. The number of hydrogen-bond acceptors (Lipinski definition) is 3. The van der Waals surface area contributed by atoms with Crippen molar-refractivity contribution in [2.24, 2.45) is 0 Å². The minimum atomic E-state index is -4.21. The molecule has 19 heavy (non-hydrogen) atoms. The molecule has 0 saturated carbocycles. The average molecular weight is 276 g/mol. The number of nitrogens with one attached hydrogen (secondary N) is 1. The van der Waals surface area contributed by atoms with Gasteiger partial charge in [-0.05, 0) is 26.8 Å². The molecule has 0 saturated heterocycles. The monoisotopic (exact) mass is 276 g/mol. The molecule has 0 aromatic carbocycles. The van der Waals surface area contributed by atoms with Crippen LogP contribution in [0.4, 0.5) is 13.2 Å². The van der Waals surface area contributed by atoms with Gasteiger partial charge >= 0.3 is 6.18 Å². The van der Waals surface area contributed by atoms with Crippen molar-refractivity contribution < 1.29 is 17.9 Å². The van der Waals surface area contributed by atoms with E-state index in [2.05, 4.69) is 10.3 Å². The molecule has 0 aliphatic carbocycles. The molecule has 108 valence electrons. The van der Waals surface area contributed by atoms with Crippen LogP contribution in [0.5, 0.6) is 5.88 Å². The van der Waals surface area contributed by atoms with Gasteiger partial charge in [-0.1, -0.05) is 6.07 Å². The van der Waals surface area contributed by atoms with Crippen molar-refractivity contribution in [3.63, 3.8) is 0 Å². The molecule has 0 amide bonds. The predicted octanol–water partition coefficient (Wildman–Crippen LogP) is 3.30. The van der Waals surface area contributed by atoms with Gasteiger partial charge in [0.25, 0.3) is 0 Å². The summed E-state index contributed by atoms with van der Waals surface area (Å²) in [6, 6.07) is 3.52. The summed E-state index contributed by atoms with van der Waals surface area (Å²) in [5.41, 5.74) is 0.665. The molecule has 6 heteroatoms. The number of alkyl halides is 3. The zero-order chi connectivity index (χ0) is 14.5. The normalized spacial score (nSPS) is 12.5. The lowest BCUT2D eigenvalue weighted by molar-refractivity contribution is -0.139. The third-order valence-electron chi connectivity index (χ3n) is 2.28. The molecular formula is C13H19F3N2O. The fourth-order valence-corrected chi connectivity index (χ4v) is 1.31. The van der Waals surface area contributed by atoms with Gasteiger partial charge < -0.3 is 10.1 Å². The van der Waals surface area contributed by atoms with E-state index in [-0.39, 0.29) is 11.4 Å². The molecule has 0 fully saturated rings. The van der Waals surface area contributed by atoms with E-state index in [1.807, 2.05) is 20.8 Å². The number of rotatable bonds is 5. The molecule has 0 aliphatic rings. The molecule has 0 unspecified atom stereocenters. The SMILES string of the molecule is CC(C)(C)NCc1cccnc1OCCC(F)(F)F. The van der Waals surface area contributed by atoms with E-state index >= 15 is 0 Å². The maximum Gasteiger partial charge on any atom is 0.392 e. The van der Waals surface area contributed by atoms with Crippen molar-refractivity contribution in [1.29, 1.82) is 0 Å². The second kappa shape index (κ2) is 6.23. The molecule has 0 atom stereocenters. The maximum absolute atomic E-state index is 12.1. The summed E-state index contributed by atoms with van der Waals surface area (Å²) in [5, 5.41) is 3.24. The van der Waals surface area contributed by atoms with Gasteiger partial charge in [-0.25, -0.2) is 4.98 Å². The first kappa shape index (κ1) is 15.8. The zero-order valence-electron chi connectivity index (χ0n) is 11.3. The van der Waals surface area contributed by atoms with Crippen molar-refractivity contribution in [1.82, 2.24) is 10.3 Å². The van der Waals surface area contributed by atoms with Gasteiger partial charge in [0.05, 0.1) is 13.0 Å². The molecule has 0 spiro atoms. The highest BCUT2D eigenvalue weighted by Crippen LogP contribution is 2.21. The van der Waals surface area contributed by atoms with Crippen LogP contribution in [-0.2, 0) is 6.54 Å². The molecular weight excluding hydrogens is 257 g/mol. The van der Waals surface area contributed by atoms with Crippen LogP contribution in [0.2, 0.25) is 0 Å². The van der Waals surface area contributed by atoms with E-state index in [4.69, 9.17) is 4.74 Å². The topological polar surface area (TPSA) is 34.2 Å². The second-order valence-corrected chi connectivity index (χ2v) is 5.28. The van der Waals surface area contributed by atoms with Crippen molar-refractivity contribution in [2.45, 2.75) is 45.5 Å². The Bertz CT molecular complexity index is 400. The van der Waals surface area contributed by atoms with E-state index in [1.54, 1.807) is 12.1 Å². The lowest BCUT2D eigenvalue weighted by Gasteiger charge is -2.21. The largest absolute Gasteiger partial charge is 0.477 e. The van der Waals surface area contributed by atoms with Crippen molar-refractivity contribution in [2.75, 3.05) is 6.61 Å². The molecule has 3 nitrogen and oxygen atoms in total. The Morgan fingerprint density at radius 3 is 2.53 bits per heavy atom. The van der Waals surface area contributed by atoms with E-state index < -0.39 is 19.2 Å². The third-order valence-corrected chi connectivity index (χ3v) is 2.28. The Balaban J connectivity index is 2.58. The van der Waals surface area contributed by atoms with Gasteiger partial charge in [0.2, 0.25) is 5.88 Å². The number of ether oxygens (including phenoxy) is 1. The van der Waals surface area contributed by atoms with E-state index in [0.717, 1.165) is 5.56 Å². The minimum Gasteiger partial charge on any atom is -0.477 e. The first-order valence-electron chi connectivity index (χ1n) is 6.06. The van der Waals surface area contributed by atoms with Gasteiger partial charge in [0.1, 0.15) is 0 Å². The molecule has 0 aliphatic heterocycles. The minimum absolute atomic E-state index is 0.0842. The number of halogens is 3. The Kier molecular flexibility index (Phi) is 5.17. The third kappa shape index (κ3) is 7.00. The summed E-state index contributed by atoms with van der Waals surface area (Å²) < 4.78 is 41.3. The molecule has 1 aromatic heterocycles. The summed E-state index contributed by atoms with van der Waals surface area (Å²) in [6.45, 7) is 6.11. The fraction of sp³-hybridized carbons (Fsp3) is 0.615. The fourth-order valence-electron chi connectivity index (χ4n) is 1.31. The first-order chi connectivity index (χ1) is 8.67. The quantitative estimate of drug-likeness (QED) is 0.896. The summed E-state index contributed by atoms with van der Waals surface area (Å²) in [7, 11) is 0. The number of nitrogens with zero attached hydrogens (tertiary/aromatic N) is 1. The van der Waals surface area contributed by atoms with Crippen LogP contribution >= 0.6 is 0 Å². The Morgan fingerprint density at radius 2 is 1.95 bits per heavy atom. The summed E-state index contributed by atoms with van der Waals surface area (Å²) >= 11 is 0. The maximum atomic E-state index is 12.1. The summed E-state index contributed by atoms with van der Waals surface area (Å²) in [4.78, 5) is 3.97. The molecule has 1 N–H and O–H groups in total. The smallest absolute Gasteiger partial charge is 0.392 e. The summed E-state index contributed by atoms with van der Waals surface area (Å²) in [6.07, 6.45) is -3.68. The van der Waals surface area contributed by atoms with Gasteiger partial charge in [0.15, 0.2) is 0 Å². The van der Waals surface area contributed by atoms with E-state index in [9.17, 15) is 13.2 Å². The Morgan fingerprint density at radius 1 is 1.26 bits per heavy atom. The van der Waals surface area contributed by atoms with Crippen LogP contribution in [0.1, 0.15) is 32.8 Å². The van der Waals surface area contributed by atoms with Gasteiger partial charge in [-0.15, -0.1) is 0 Å². The highest BCUT2D eigenvalue weighted by molar-refractivity contribution is 5.25.